The monoisotopic (exact) mass is 337 g/mol. The summed E-state index contributed by atoms with van der Waals surface area (Å²) in [7, 11) is 0. The molecular weight excluding hydrogens is 317 g/mol. The molecule has 1 aromatic carbocycles. The molecule has 1 saturated carbocycles. The van der Waals surface area contributed by atoms with E-state index in [-0.39, 0.29) is 5.82 Å². The van der Waals surface area contributed by atoms with Gasteiger partial charge in [-0.1, -0.05) is 6.07 Å². The van der Waals surface area contributed by atoms with Gasteiger partial charge in [-0.2, -0.15) is 5.26 Å². The van der Waals surface area contributed by atoms with Crippen molar-refractivity contribution in [3.8, 4) is 17.3 Å². The van der Waals surface area contributed by atoms with Gasteiger partial charge in [-0.3, -0.25) is 0 Å². The Balaban J connectivity index is 1.58. The van der Waals surface area contributed by atoms with E-state index in [0.29, 0.717) is 40.5 Å². The number of anilines is 1. The lowest BCUT2D eigenvalue weighted by Crippen LogP contribution is -2.21. The minimum atomic E-state index is -0.325. The SMILES string of the molecule is Cc1ccc(F)cc1-c1cc(C#N)c(NC2C[C@H]3CNC[C@H]3C2)nn1. The van der Waals surface area contributed by atoms with Crippen LogP contribution in [0, 0.1) is 35.9 Å². The zero-order valence-corrected chi connectivity index (χ0v) is 14.1. The first-order valence-corrected chi connectivity index (χ1v) is 8.65. The average molecular weight is 337 g/mol. The van der Waals surface area contributed by atoms with E-state index in [1.807, 2.05) is 6.92 Å². The molecule has 1 unspecified atom stereocenters. The highest BCUT2D eigenvalue weighted by atomic mass is 19.1. The van der Waals surface area contributed by atoms with Crippen LogP contribution in [0.3, 0.4) is 0 Å². The predicted octanol–water partition coefficient (Wildman–Crippen LogP) is 2.87. The summed E-state index contributed by atoms with van der Waals surface area (Å²) in [5, 5.41) is 24.8. The minimum absolute atomic E-state index is 0.325. The van der Waals surface area contributed by atoms with Crippen LogP contribution in [0.4, 0.5) is 10.2 Å². The van der Waals surface area contributed by atoms with Crippen LogP contribution < -0.4 is 10.6 Å². The first-order chi connectivity index (χ1) is 12.1. The fourth-order valence-electron chi connectivity index (χ4n) is 4.06. The van der Waals surface area contributed by atoms with Crippen molar-refractivity contribution in [1.82, 2.24) is 15.5 Å². The van der Waals surface area contributed by atoms with Gasteiger partial charge in [-0.25, -0.2) is 4.39 Å². The van der Waals surface area contributed by atoms with E-state index in [9.17, 15) is 9.65 Å². The second-order valence-corrected chi connectivity index (χ2v) is 7.05. The van der Waals surface area contributed by atoms with Crippen LogP contribution in [0.1, 0.15) is 24.0 Å². The van der Waals surface area contributed by atoms with Gasteiger partial charge in [0, 0.05) is 11.6 Å². The average Bonchev–Trinajstić information content (AvgIpc) is 3.19. The van der Waals surface area contributed by atoms with E-state index in [0.717, 1.165) is 31.5 Å². The topological polar surface area (TPSA) is 73.6 Å². The largest absolute Gasteiger partial charge is 0.365 e. The number of halogens is 1. The number of aryl methyl sites for hydroxylation is 1. The van der Waals surface area contributed by atoms with Crippen LogP contribution >= 0.6 is 0 Å². The zero-order valence-electron chi connectivity index (χ0n) is 14.1. The third-order valence-electron chi connectivity index (χ3n) is 5.39. The van der Waals surface area contributed by atoms with Gasteiger partial charge in [0.15, 0.2) is 5.82 Å². The van der Waals surface area contributed by atoms with E-state index in [1.54, 1.807) is 12.1 Å². The lowest BCUT2D eigenvalue weighted by molar-refractivity contribution is 0.494. The molecule has 1 aliphatic heterocycles. The van der Waals surface area contributed by atoms with Gasteiger partial charge in [0.25, 0.3) is 0 Å². The molecule has 128 valence electrons. The number of nitrogens with one attached hydrogen (secondary N) is 2. The molecule has 4 rings (SSSR count). The van der Waals surface area contributed by atoms with Gasteiger partial charge in [-0.05, 0) is 68.5 Å². The molecule has 0 spiro atoms. The Morgan fingerprint density at radius 3 is 2.68 bits per heavy atom. The number of aromatic nitrogens is 2. The van der Waals surface area contributed by atoms with Gasteiger partial charge in [0.05, 0.1) is 11.3 Å². The van der Waals surface area contributed by atoms with Crippen LogP contribution in [0.5, 0.6) is 0 Å². The van der Waals surface area contributed by atoms with Gasteiger partial charge in [0.2, 0.25) is 0 Å². The molecular formula is C19H20FN5. The fourth-order valence-corrected chi connectivity index (χ4v) is 4.06. The van der Waals surface area contributed by atoms with Gasteiger partial charge in [0.1, 0.15) is 11.9 Å². The highest BCUT2D eigenvalue weighted by Crippen LogP contribution is 2.36. The van der Waals surface area contributed by atoms with Gasteiger partial charge < -0.3 is 10.6 Å². The number of hydrogen-bond acceptors (Lipinski definition) is 5. The van der Waals surface area contributed by atoms with Crippen molar-refractivity contribution in [2.75, 3.05) is 18.4 Å². The summed E-state index contributed by atoms with van der Waals surface area (Å²) in [6, 6.07) is 8.77. The molecule has 6 heteroatoms. The number of nitrogens with zero attached hydrogens (tertiary/aromatic N) is 3. The molecule has 2 fully saturated rings. The second kappa shape index (κ2) is 6.41. The van der Waals surface area contributed by atoms with E-state index < -0.39 is 0 Å². The Morgan fingerprint density at radius 2 is 1.96 bits per heavy atom. The molecule has 1 saturated heterocycles. The van der Waals surface area contributed by atoms with E-state index in [4.69, 9.17) is 0 Å². The van der Waals surface area contributed by atoms with Crippen molar-refractivity contribution in [1.29, 1.82) is 5.26 Å². The summed E-state index contributed by atoms with van der Waals surface area (Å²) < 4.78 is 13.5. The van der Waals surface area contributed by atoms with Gasteiger partial charge >= 0.3 is 0 Å². The van der Waals surface area contributed by atoms with Crippen molar-refractivity contribution in [2.24, 2.45) is 11.8 Å². The highest BCUT2D eigenvalue weighted by Gasteiger charge is 2.37. The fraction of sp³-hybridized carbons (Fsp3) is 0.421. The third-order valence-corrected chi connectivity index (χ3v) is 5.39. The third kappa shape index (κ3) is 3.08. The molecule has 2 N–H and O–H groups in total. The maximum Gasteiger partial charge on any atom is 0.166 e. The molecule has 2 aromatic rings. The van der Waals surface area contributed by atoms with Crippen molar-refractivity contribution >= 4 is 5.82 Å². The number of benzene rings is 1. The maximum atomic E-state index is 13.5. The Bertz CT molecular complexity index is 832. The summed E-state index contributed by atoms with van der Waals surface area (Å²) in [4.78, 5) is 0. The minimum Gasteiger partial charge on any atom is -0.365 e. The van der Waals surface area contributed by atoms with E-state index in [1.165, 1.54) is 12.1 Å². The zero-order chi connectivity index (χ0) is 17.4. The quantitative estimate of drug-likeness (QED) is 0.901. The molecule has 5 nitrogen and oxygen atoms in total. The lowest BCUT2D eigenvalue weighted by Gasteiger charge is -2.15. The molecule has 0 radical (unpaired) electrons. The Labute approximate surface area is 146 Å². The second-order valence-electron chi connectivity index (χ2n) is 7.05. The molecule has 2 aliphatic rings. The predicted molar refractivity (Wildman–Crippen MR) is 93.4 cm³/mol. The Hall–Kier alpha value is -2.52. The number of nitriles is 1. The van der Waals surface area contributed by atoms with Gasteiger partial charge in [-0.15, -0.1) is 10.2 Å². The van der Waals surface area contributed by atoms with Crippen molar-refractivity contribution in [3.05, 3.63) is 41.2 Å². The molecule has 0 amide bonds. The molecule has 1 aliphatic carbocycles. The molecule has 3 atom stereocenters. The molecule has 1 aromatic heterocycles. The van der Waals surface area contributed by atoms with Crippen molar-refractivity contribution in [3.63, 3.8) is 0 Å². The van der Waals surface area contributed by atoms with E-state index in [2.05, 4.69) is 26.9 Å². The summed E-state index contributed by atoms with van der Waals surface area (Å²) in [6.45, 7) is 4.05. The summed E-state index contributed by atoms with van der Waals surface area (Å²) in [5.74, 6) is 1.63. The smallest absolute Gasteiger partial charge is 0.166 e. The number of fused-ring (bicyclic) bond motifs is 1. The Morgan fingerprint density at radius 1 is 1.20 bits per heavy atom. The number of hydrogen-bond donors (Lipinski definition) is 2. The van der Waals surface area contributed by atoms with Crippen LogP contribution in [-0.4, -0.2) is 29.3 Å². The van der Waals surface area contributed by atoms with Crippen molar-refractivity contribution < 1.29 is 4.39 Å². The summed E-state index contributed by atoms with van der Waals surface area (Å²) >= 11 is 0. The van der Waals surface area contributed by atoms with Crippen LogP contribution in [0.2, 0.25) is 0 Å². The van der Waals surface area contributed by atoms with Crippen LogP contribution in [-0.2, 0) is 0 Å². The first-order valence-electron chi connectivity index (χ1n) is 8.65. The van der Waals surface area contributed by atoms with Crippen LogP contribution in [0.15, 0.2) is 24.3 Å². The maximum absolute atomic E-state index is 13.5. The lowest BCUT2D eigenvalue weighted by atomic mass is 10.0. The Kier molecular flexibility index (Phi) is 4.10. The summed E-state index contributed by atoms with van der Waals surface area (Å²) in [6.07, 6.45) is 2.18. The molecule has 0 bridgehead atoms. The molecule has 25 heavy (non-hydrogen) atoms. The first kappa shape index (κ1) is 16.0. The van der Waals surface area contributed by atoms with Crippen LogP contribution in [0.25, 0.3) is 11.3 Å². The number of rotatable bonds is 3. The normalized spacial score (nSPS) is 24.8. The molecule has 2 heterocycles. The highest BCUT2D eigenvalue weighted by molar-refractivity contribution is 5.67. The standard InChI is InChI=1S/C19H20FN5/c1-11-2-3-15(20)7-17(11)18-6-12(8-21)19(25-24-18)23-16-4-13-9-22-10-14(13)5-16/h2-3,6-7,13-14,16,22H,4-5,9-10H2,1H3,(H,23,25)/t13-,14+,16?. The van der Waals surface area contributed by atoms with E-state index >= 15 is 0 Å². The van der Waals surface area contributed by atoms with Crippen molar-refractivity contribution in [2.45, 2.75) is 25.8 Å². The summed E-state index contributed by atoms with van der Waals surface area (Å²) in [5.41, 5.74) is 2.53.